The van der Waals surface area contributed by atoms with Crippen LogP contribution in [0.3, 0.4) is 0 Å². The maximum Gasteiger partial charge on any atom is 0.230 e. The van der Waals surface area contributed by atoms with Gasteiger partial charge in [0.15, 0.2) is 4.34 Å². The number of nitrogens with zero attached hydrogens (tertiary/aromatic N) is 1. The van der Waals surface area contributed by atoms with Gasteiger partial charge in [-0.25, -0.2) is 4.98 Å². The van der Waals surface area contributed by atoms with Crippen molar-refractivity contribution in [2.24, 2.45) is 0 Å². The van der Waals surface area contributed by atoms with Crippen LogP contribution in [0, 0.1) is 0 Å². The summed E-state index contributed by atoms with van der Waals surface area (Å²) in [7, 11) is 0. The van der Waals surface area contributed by atoms with E-state index in [4.69, 9.17) is 4.74 Å². The van der Waals surface area contributed by atoms with E-state index in [1.165, 1.54) is 23.1 Å². The first-order chi connectivity index (χ1) is 12.1. The molecule has 1 aromatic heterocycles. The lowest BCUT2D eigenvalue weighted by Crippen LogP contribution is -2.32. The van der Waals surface area contributed by atoms with Crippen LogP contribution in [-0.2, 0) is 14.3 Å². The van der Waals surface area contributed by atoms with Crippen molar-refractivity contribution in [3.63, 3.8) is 0 Å². The van der Waals surface area contributed by atoms with Gasteiger partial charge >= 0.3 is 0 Å². The van der Waals surface area contributed by atoms with Gasteiger partial charge in [-0.2, -0.15) is 0 Å². The quantitative estimate of drug-likeness (QED) is 0.723. The molecule has 2 amide bonds. The number of hydrogen-bond acceptors (Lipinski definition) is 6. The number of amides is 2. The van der Waals surface area contributed by atoms with Gasteiger partial charge in [0.1, 0.15) is 0 Å². The molecular weight excluding hydrogens is 358 g/mol. The molecule has 2 aromatic rings. The molecule has 25 heavy (non-hydrogen) atoms. The Kier molecular flexibility index (Phi) is 6.28. The summed E-state index contributed by atoms with van der Waals surface area (Å²) in [6.07, 6.45) is 2.69. The number of nitrogens with one attached hydrogen (secondary N) is 2. The molecule has 6 nitrogen and oxygen atoms in total. The highest BCUT2D eigenvalue weighted by Gasteiger charge is 2.16. The number of carbonyl (C=O) groups excluding carboxylic acids is 2. The summed E-state index contributed by atoms with van der Waals surface area (Å²) >= 11 is 2.96. The van der Waals surface area contributed by atoms with Crippen molar-refractivity contribution < 1.29 is 14.3 Å². The maximum absolute atomic E-state index is 11.9. The Morgan fingerprint density at radius 1 is 1.40 bits per heavy atom. The molecule has 0 bridgehead atoms. The number of anilines is 1. The SMILES string of the molecule is CCC(=O)Nc1ccc2nc(SCC(=O)NC[C@H]3CCCO3)sc2c1. The van der Waals surface area contributed by atoms with Gasteiger partial charge in [0.2, 0.25) is 11.8 Å². The zero-order valence-corrected chi connectivity index (χ0v) is 15.7. The average molecular weight is 380 g/mol. The summed E-state index contributed by atoms with van der Waals surface area (Å²) in [6, 6.07) is 5.65. The second kappa shape index (κ2) is 8.64. The van der Waals surface area contributed by atoms with Gasteiger partial charge in [-0.15, -0.1) is 11.3 Å². The van der Waals surface area contributed by atoms with E-state index in [0.29, 0.717) is 18.7 Å². The highest BCUT2D eigenvalue weighted by atomic mass is 32.2. The van der Waals surface area contributed by atoms with Crippen molar-refractivity contribution in [1.82, 2.24) is 10.3 Å². The Bertz CT molecular complexity index is 757. The summed E-state index contributed by atoms with van der Waals surface area (Å²) in [5.74, 6) is 0.323. The van der Waals surface area contributed by atoms with E-state index in [-0.39, 0.29) is 17.9 Å². The van der Waals surface area contributed by atoms with Crippen LogP contribution in [0.2, 0.25) is 0 Å². The van der Waals surface area contributed by atoms with Gasteiger partial charge in [0.25, 0.3) is 0 Å². The number of thiazole rings is 1. The number of aromatic nitrogens is 1. The van der Waals surface area contributed by atoms with E-state index in [2.05, 4.69) is 15.6 Å². The molecule has 0 aliphatic carbocycles. The minimum atomic E-state index is -0.0126. The Labute approximate surface area is 154 Å². The minimum Gasteiger partial charge on any atom is -0.376 e. The van der Waals surface area contributed by atoms with Crippen LogP contribution in [0.25, 0.3) is 10.2 Å². The topological polar surface area (TPSA) is 80.3 Å². The fourth-order valence-corrected chi connectivity index (χ4v) is 4.44. The lowest BCUT2D eigenvalue weighted by atomic mass is 10.2. The molecule has 0 saturated carbocycles. The number of rotatable bonds is 7. The van der Waals surface area contributed by atoms with Gasteiger partial charge in [-0.1, -0.05) is 18.7 Å². The Balaban J connectivity index is 1.52. The van der Waals surface area contributed by atoms with E-state index in [9.17, 15) is 9.59 Å². The summed E-state index contributed by atoms with van der Waals surface area (Å²) in [5, 5.41) is 5.75. The highest BCUT2D eigenvalue weighted by molar-refractivity contribution is 8.01. The number of fused-ring (bicyclic) bond motifs is 1. The standard InChI is InChI=1S/C17H21N3O3S2/c1-2-15(21)19-11-5-6-13-14(8-11)25-17(20-13)24-10-16(22)18-9-12-4-3-7-23-12/h5-6,8,12H,2-4,7,9-10H2,1H3,(H,18,22)(H,19,21)/t12-/m1/s1. The van der Waals surface area contributed by atoms with E-state index >= 15 is 0 Å². The van der Waals surface area contributed by atoms with Crippen LogP contribution < -0.4 is 10.6 Å². The molecular formula is C17H21N3O3S2. The zero-order valence-electron chi connectivity index (χ0n) is 14.0. The predicted octanol–water partition coefficient (Wildman–Crippen LogP) is 3.03. The van der Waals surface area contributed by atoms with Crippen LogP contribution >= 0.6 is 23.1 Å². The van der Waals surface area contributed by atoms with E-state index < -0.39 is 0 Å². The van der Waals surface area contributed by atoms with Crippen molar-refractivity contribution in [3.05, 3.63) is 18.2 Å². The summed E-state index contributed by atoms with van der Waals surface area (Å²) in [6.45, 7) is 3.20. The molecule has 134 valence electrons. The molecule has 3 rings (SSSR count). The smallest absolute Gasteiger partial charge is 0.230 e. The van der Waals surface area contributed by atoms with Crippen LogP contribution in [0.4, 0.5) is 5.69 Å². The first-order valence-electron chi connectivity index (χ1n) is 8.35. The Hall–Kier alpha value is -1.64. The lowest BCUT2D eigenvalue weighted by molar-refractivity contribution is -0.119. The monoisotopic (exact) mass is 379 g/mol. The number of benzene rings is 1. The van der Waals surface area contributed by atoms with Crippen molar-refractivity contribution in [2.45, 2.75) is 36.6 Å². The van der Waals surface area contributed by atoms with E-state index in [1.54, 1.807) is 0 Å². The molecule has 8 heteroatoms. The van der Waals surface area contributed by atoms with Gasteiger partial charge in [0.05, 0.1) is 22.1 Å². The van der Waals surface area contributed by atoms with E-state index in [0.717, 1.165) is 39.7 Å². The second-order valence-corrected chi connectivity index (χ2v) is 8.04. The van der Waals surface area contributed by atoms with Crippen LogP contribution in [0.5, 0.6) is 0 Å². The molecule has 1 aromatic carbocycles. The van der Waals surface area contributed by atoms with Crippen LogP contribution in [0.15, 0.2) is 22.5 Å². The Morgan fingerprint density at radius 3 is 3.04 bits per heavy atom. The minimum absolute atomic E-state index is 0.00402. The second-order valence-electron chi connectivity index (χ2n) is 5.79. The van der Waals surface area contributed by atoms with Crippen molar-refractivity contribution in [2.75, 3.05) is 24.2 Å². The third-order valence-corrected chi connectivity index (χ3v) is 6.01. The van der Waals surface area contributed by atoms with Gasteiger partial charge in [-0.3, -0.25) is 9.59 Å². The largest absolute Gasteiger partial charge is 0.376 e. The number of ether oxygens (including phenoxy) is 1. The van der Waals surface area contributed by atoms with Crippen LogP contribution in [0.1, 0.15) is 26.2 Å². The molecule has 1 aliphatic heterocycles. The molecule has 2 N–H and O–H groups in total. The lowest BCUT2D eigenvalue weighted by Gasteiger charge is -2.09. The first kappa shape index (κ1) is 18.2. The maximum atomic E-state index is 11.9. The first-order valence-corrected chi connectivity index (χ1v) is 10.2. The van der Waals surface area contributed by atoms with Crippen molar-refractivity contribution in [3.8, 4) is 0 Å². The summed E-state index contributed by atoms with van der Waals surface area (Å²) in [4.78, 5) is 27.9. The number of thioether (sulfide) groups is 1. The molecule has 1 fully saturated rings. The molecule has 1 aliphatic rings. The normalized spacial score (nSPS) is 16.9. The number of hydrogen-bond donors (Lipinski definition) is 2. The molecule has 1 atom stereocenters. The molecule has 0 spiro atoms. The van der Waals surface area contributed by atoms with Gasteiger partial charge in [-0.05, 0) is 31.0 Å². The predicted molar refractivity (Wildman–Crippen MR) is 101 cm³/mol. The van der Waals surface area contributed by atoms with Crippen LogP contribution in [-0.4, -0.2) is 41.8 Å². The fourth-order valence-electron chi connectivity index (χ4n) is 2.50. The molecule has 1 saturated heterocycles. The molecule has 0 unspecified atom stereocenters. The van der Waals surface area contributed by atoms with Crippen molar-refractivity contribution >= 4 is 50.8 Å². The Morgan fingerprint density at radius 2 is 2.28 bits per heavy atom. The molecule has 2 heterocycles. The molecule has 0 radical (unpaired) electrons. The average Bonchev–Trinajstić information content (AvgIpc) is 3.26. The number of carbonyl (C=O) groups is 2. The summed E-state index contributed by atoms with van der Waals surface area (Å²) < 4.78 is 7.34. The summed E-state index contributed by atoms with van der Waals surface area (Å²) in [5.41, 5.74) is 1.65. The van der Waals surface area contributed by atoms with Crippen molar-refractivity contribution in [1.29, 1.82) is 0 Å². The fraction of sp³-hybridized carbons (Fsp3) is 0.471. The third-order valence-electron chi connectivity index (χ3n) is 3.85. The third kappa shape index (κ3) is 5.17. The van der Waals surface area contributed by atoms with E-state index in [1.807, 2.05) is 25.1 Å². The van der Waals surface area contributed by atoms with Gasteiger partial charge < -0.3 is 15.4 Å². The zero-order chi connectivity index (χ0) is 17.6. The van der Waals surface area contributed by atoms with Gasteiger partial charge in [0, 0.05) is 25.3 Å². The highest BCUT2D eigenvalue weighted by Crippen LogP contribution is 2.31.